The fourth-order valence-electron chi connectivity index (χ4n) is 7.78. The molecule has 390 valence electrons. The zero-order valence-corrected chi connectivity index (χ0v) is 41.4. The number of carboxylic acids is 1. The summed E-state index contributed by atoms with van der Waals surface area (Å²) in [5.74, 6) is -6.99. The normalized spacial score (nSPS) is 17.1. The number of aromatic hydroxyl groups is 1. The standard InChI is InChI=1S/C47H62FN11O12S/c1-23-37(40(51)58-41(54-23)26-9-10-31(32(48)19-26)47(3,4)5)43(63)56-33(12-14-53-72(52,68)69)45(65)59(6)38-27-18-30(39(61)36(20-27)71-22-28(60)21-50)29-16-25(8-11-35(29)70-15-7-13-49)17-34(46(66)67)57-42(62)24(2)55-44(38)64/h8-11,16,18-20,24,28,33-34,38,53,60-61H,7,12-15,17,21-22,49-50H2,1-6H3,(H,55,64)(H,56,63)(H,57,62)(H,66,67)(H2,51,54,58)(H2,52,68,69)/t24-,28+,33-,34-,38-/m0/s1. The van der Waals surface area contributed by atoms with Crippen LogP contribution in [0.2, 0.25) is 0 Å². The van der Waals surface area contributed by atoms with Crippen LogP contribution in [0.25, 0.3) is 22.5 Å². The number of likely N-dealkylation sites (N-methyl/N-ethyl adjacent to an activating group) is 1. The van der Waals surface area contributed by atoms with Crippen LogP contribution in [0.5, 0.6) is 17.2 Å². The van der Waals surface area contributed by atoms with Crippen molar-refractivity contribution in [1.82, 2.24) is 35.5 Å². The van der Waals surface area contributed by atoms with Crippen molar-refractivity contribution in [2.24, 2.45) is 16.6 Å². The summed E-state index contributed by atoms with van der Waals surface area (Å²) in [5, 5.41) is 45.1. The van der Waals surface area contributed by atoms with Crippen molar-refractivity contribution < 1.29 is 61.6 Å². The van der Waals surface area contributed by atoms with Crippen molar-refractivity contribution in [1.29, 1.82) is 0 Å². The van der Waals surface area contributed by atoms with Crippen molar-refractivity contribution in [3.63, 3.8) is 0 Å². The fourth-order valence-corrected chi connectivity index (χ4v) is 8.18. The largest absolute Gasteiger partial charge is 0.504 e. The number of phenols is 1. The average Bonchev–Trinajstić information content (AvgIpc) is 3.29. The molecule has 0 spiro atoms. The second kappa shape index (κ2) is 23.5. The van der Waals surface area contributed by atoms with Crippen LogP contribution < -0.4 is 52.5 Å². The van der Waals surface area contributed by atoms with Crippen LogP contribution in [0.1, 0.15) is 79.3 Å². The van der Waals surface area contributed by atoms with Gasteiger partial charge in [0.15, 0.2) is 17.3 Å². The van der Waals surface area contributed by atoms with Crippen molar-refractivity contribution in [3.8, 4) is 39.8 Å². The summed E-state index contributed by atoms with van der Waals surface area (Å²) in [7, 11) is -3.18. The highest BCUT2D eigenvalue weighted by Gasteiger charge is 2.37. The first-order chi connectivity index (χ1) is 33.7. The minimum Gasteiger partial charge on any atom is -0.504 e. The smallest absolute Gasteiger partial charge is 0.326 e. The van der Waals surface area contributed by atoms with Crippen LogP contribution in [0.3, 0.4) is 0 Å². The molecule has 72 heavy (non-hydrogen) atoms. The first kappa shape index (κ1) is 55.9. The van der Waals surface area contributed by atoms with E-state index in [0.29, 0.717) is 17.5 Å². The maximum Gasteiger partial charge on any atom is 0.326 e. The van der Waals surface area contributed by atoms with Crippen molar-refractivity contribution in [2.45, 2.75) is 89.6 Å². The number of carboxylic acid groups (broad SMARTS) is 1. The number of carbonyl (C=O) groups excluding carboxylic acids is 4. The molecule has 15 N–H and O–H groups in total. The van der Waals surface area contributed by atoms with E-state index in [1.54, 1.807) is 18.2 Å². The van der Waals surface area contributed by atoms with E-state index in [4.69, 9.17) is 31.8 Å². The fraction of sp³-hybridized carbons (Fsp3) is 0.426. The number of anilines is 1. The molecule has 4 bridgehead atoms. The van der Waals surface area contributed by atoms with E-state index in [9.17, 15) is 47.7 Å². The Morgan fingerprint density at radius 2 is 1.71 bits per heavy atom. The molecule has 0 unspecified atom stereocenters. The van der Waals surface area contributed by atoms with Gasteiger partial charge in [-0.25, -0.2) is 29.0 Å². The van der Waals surface area contributed by atoms with Crippen molar-refractivity contribution >= 4 is 45.6 Å². The predicted molar refractivity (Wildman–Crippen MR) is 262 cm³/mol. The Hall–Kier alpha value is -7.03. The zero-order valence-electron chi connectivity index (χ0n) is 40.6. The van der Waals surface area contributed by atoms with Gasteiger partial charge in [0, 0.05) is 43.2 Å². The first-order valence-electron chi connectivity index (χ1n) is 22.7. The number of aliphatic hydroxyl groups is 1. The number of nitrogens with zero attached hydrogens (tertiary/aromatic N) is 3. The van der Waals surface area contributed by atoms with E-state index < -0.39 is 107 Å². The molecule has 0 saturated heterocycles. The number of fused-ring (bicyclic) bond motifs is 5. The van der Waals surface area contributed by atoms with Crippen LogP contribution in [-0.2, 0) is 41.2 Å². The van der Waals surface area contributed by atoms with Gasteiger partial charge in [-0.2, -0.15) is 8.42 Å². The number of rotatable bonds is 18. The summed E-state index contributed by atoms with van der Waals surface area (Å²) >= 11 is 0. The molecule has 4 amide bonds. The summed E-state index contributed by atoms with van der Waals surface area (Å²) in [6.45, 7) is 7.35. The van der Waals surface area contributed by atoms with Gasteiger partial charge in [-0.1, -0.05) is 39.0 Å². The topological polar surface area (TPSA) is 380 Å². The van der Waals surface area contributed by atoms with E-state index in [1.165, 1.54) is 51.2 Å². The summed E-state index contributed by atoms with van der Waals surface area (Å²) < 4.78 is 53.2. The van der Waals surface area contributed by atoms with Gasteiger partial charge in [-0.15, -0.1) is 0 Å². The molecule has 1 aromatic heterocycles. The minimum absolute atomic E-state index is 0.0121. The number of nitrogen functional groups attached to an aromatic ring is 1. The number of nitrogens with two attached hydrogens (primary N) is 4. The number of carbonyl (C=O) groups is 5. The van der Waals surface area contributed by atoms with Gasteiger partial charge in [0.05, 0.1) is 12.3 Å². The molecule has 5 atom stereocenters. The Morgan fingerprint density at radius 3 is 2.32 bits per heavy atom. The van der Waals surface area contributed by atoms with Crippen LogP contribution in [0.15, 0.2) is 48.5 Å². The van der Waals surface area contributed by atoms with E-state index >= 15 is 4.39 Å². The average molecular weight is 1020 g/mol. The molecule has 0 radical (unpaired) electrons. The highest BCUT2D eigenvalue weighted by Crippen LogP contribution is 2.45. The molecule has 23 nitrogen and oxygen atoms in total. The Bertz CT molecular complexity index is 2790. The van der Waals surface area contributed by atoms with Gasteiger partial charge < -0.3 is 62.8 Å². The lowest BCUT2D eigenvalue weighted by Crippen LogP contribution is -2.55. The zero-order chi connectivity index (χ0) is 53.4. The molecule has 0 saturated carbocycles. The lowest BCUT2D eigenvalue weighted by molar-refractivity contribution is -0.143. The Morgan fingerprint density at radius 1 is 1.00 bits per heavy atom. The molecule has 0 fully saturated rings. The summed E-state index contributed by atoms with van der Waals surface area (Å²) in [6.07, 6.45) is -1.58. The Labute approximate surface area is 415 Å². The summed E-state index contributed by atoms with van der Waals surface area (Å²) in [5.41, 5.74) is 18.0. The van der Waals surface area contributed by atoms with E-state index in [2.05, 4.69) is 30.6 Å². The van der Waals surface area contributed by atoms with Gasteiger partial charge in [-0.3, -0.25) is 19.2 Å². The summed E-state index contributed by atoms with van der Waals surface area (Å²) in [4.78, 5) is 79.5. The Balaban J connectivity index is 1.66. The number of hydrogen-bond acceptors (Lipinski definition) is 16. The lowest BCUT2D eigenvalue weighted by Gasteiger charge is -2.33. The maximum atomic E-state index is 15.2. The van der Waals surface area contributed by atoms with Crippen LogP contribution in [-0.4, -0.2) is 132 Å². The first-order valence-corrected chi connectivity index (χ1v) is 24.3. The van der Waals surface area contributed by atoms with E-state index in [-0.39, 0.29) is 82.8 Å². The molecule has 1 aliphatic heterocycles. The second-order valence-electron chi connectivity index (χ2n) is 18.2. The number of hydrogen-bond donors (Lipinski definition) is 11. The molecule has 3 aromatic carbocycles. The predicted octanol–water partition coefficient (Wildman–Crippen LogP) is 0.381. The van der Waals surface area contributed by atoms with E-state index in [0.717, 1.165) is 4.90 Å². The third-order valence-corrected chi connectivity index (χ3v) is 12.2. The second-order valence-corrected chi connectivity index (χ2v) is 19.6. The van der Waals surface area contributed by atoms with E-state index in [1.807, 2.05) is 20.8 Å². The number of phenolic OH excluding ortho intramolecular Hbond substituents is 1. The maximum absolute atomic E-state index is 15.2. The summed E-state index contributed by atoms with van der Waals surface area (Å²) in [6, 6.07) is 5.08. The molecule has 2 heterocycles. The van der Waals surface area contributed by atoms with Crippen LogP contribution in [0.4, 0.5) is 10.2 Å². The minimum atomic E-state index is -4.35. The van der Waals surface area contributed by atoms with Crippen molar-refractivity contribution in [2.75, 3.05) is 45.6 Å². The van der Waals surface area contributed by atoms with Crippen LogP contribution in [0, 0.1) is 12.7 Å². The van der Waals surface area contributed by atoms with Gasteiger partial charge in [-0.05, 0) is 85.7 Å². The number of aromatic nitrogens is 2. The highest BCUT2D eigenvalue weighted by molar-refractivity contribution is 7.87. The monoisotopic (exact) mass is 1020 g/mol. The quantitative estimate of drug-likeness (QED) is 0.0600. The number of amides is 4. The molecule has 25 heteroatoms. The van der Waals surface area contributed by atoms with Crippen molar-refractivity contribution in [3.05, 3.63) is 82.3 Å². The molecular weight excluding hydrogens is 962 g/mol. The highest BCUT2D eigenvalue weighted by atomic mass is 32.2. The number of aliphatic hydroxyl groups excluding tert-OH is 1. The lowest BCUT2D eigenvalue weighted by atomic mass is 9.86. The van der Waals surface area contributed by atoms with Gasteiger partial charge in [0.1, 0.15) is 59.8 Å². The number of halogens is 1. The van der Waals surface area contributed by atoms with Gasteiger partial charge in [0.2, 0.25) is 17.7 Å². The van der Waals surface area contributed by atoms with Crippen LogP contribution >= 0.6 is 0 Å². The molecule has 4 aromatic rings. The molecule has 1 aliphatic rings. The van der Waals surface area contributed by atoms with Gasteiger partial charge >= 0.3 is 5.97 Å². The third-order valence-electron chi connectivity index (χ3n) is 11.6. The molecule has 0 aliphatic carbocycles. The number of nitrogens with one attached hydrogen (secondary N) is 4. The molecule has 5 rings (SSSR count). The SMILES string of the molecule is Cc1nc(-c2ccc(C(C)(C)C)c(F)c2)nc(N)c1C(=O)N[C@@H](CCNS(N)(=O)=O)C(=O)N(C)[C@@H]1C(=O)N[C@@H](C)C(=O)N[C@H](C(=O)O)Cc2ccc(OCCCN)c(c2)-c2cc1cc(OC[C@H](O)CN)c2O. The number of aliphatic carboxylic acids is 1. The number of aryl methyl sites for hydroxylation is 1. The number of ether oxygens (including phenoxy) is 2. The molecular formula is C47H62FN11O12S. The Kier molecular flexibility index (Phi) is 18.2. The third kappa shape index (κ3) is 13.9. The van der Waals surface area contributed by atoms with Gasteiger partial charge in [0.25, 0.3) is 16.1 Å². The number of benzene rings is 3.